The molecule has 0 spiro atoms. The number of H-pyrrole nitrogens is 1. The van der Waals surface area contributed by atoms with Gasteiger partial charge in [-0.2, -0.15) is 0 Å². The van der Waals surface area contributed by atoms with Gasteiger partial charge in [-0.25, -0.2) is 4.98 Å². The van der Waals surface area contributed by atoms with E-state index in [-0.39, 0.29) is 5.91 Å². The molecule has 0 saturated carbocycles. The van der Waals surface area contributed by atoms with Crippen LogP contribution in [0.25, 0.3) is 0 Å². The average molecular weight is 245 g/mol. The van der Waals surface area contributed by atoms with Crippen LogP contribution < -0.4 is 5.32 Å². The fourth-order valence-corrected chi connectivity index (χ4v) is 1.67. The second kappa shape index (κ2) is 5.31. The first-order chi connectivity index (χ1) is 8.72. The van der Waals surface area contributed by atoms with E-state index in [1.54, 1.807) is 49.8 Å². The molecule has 0 radical (unpaired) electrons. The van der Waals surface area contributed by atoms with Crippen molar-refractivity contribution in [1.82, 2.24) is 19.9 Å². The van der Waals surface area contributed by atoms with Crippen molar-refractivity contribution >= 4 is 11.6 Å². The van der Waals surface area contributed by atoms with Crippen LogP contribution in [0.15, 0.2) is 30.9 Å². The number of aromatic nitrogens is 3. The normalized spacial score (nSPS) is 10.1. The lowest BCUT2D eigenvalue weighted by atomic mass is 10.2. The van der Waals surface area contributed by atoms with Crippen LogP contribution in [0.3, 0.4) is 0 Å². The number of rotatable bonds is 4. The second-order valence-electron chi connectivity index (χ2n) is 3.87. The molecular weight excluding hydrogens is 230 g/mol. The van der Waals surface area contributed by atoms with E-state index < -0.39 is 0 Å². The summed E-state index contributed by atoms with van der Waals surface area (Å²) < 4.78 is 0. The molecule has 6 nitrogen and oxygen atoms in total. The highest BCUT2D eigenvalue weighted by molar-refractivity contribution is 5.99. The van der Waals surface area contributed by atoms with Crippen LogP contribution in [0.1, 0.15) is 16.2 Å². The molecule has 0 fully saturated rings. The van der Waals surface area contributed by atoms with E-state index in [1.165, 1.54) is 0 Å². The summed E-state index contributed by atoms with van der Waals surface area (Å²) in [4.78, 5) is 24.9. The lowest BCUT2D eigenvalue weighted by Gasteiger charge is -2.17. The van der Waals surface area contributed by atoms with Gasteiger partial charge in [0.25, 0.3) is 5.91 Å². The number of hydrogen-bond donors (Lipinski definition) is 2. The molecule has 0 bridgehead atoms. The molecule has 0 aromatic carbocycles. The number of pyridine rings is 1. The first-order valence-corrected chi connectivity index (χ1v) is 5.58. The molecule has 2 heterocycles. The maximum Gasteiger partial charge on any atom is 0.257 e. The van der Waals surface area contributed by atoms with Crippen molar-refractivity contribution in [2.75, 3.05) is 19.4 Å². The zero-order valence-electron chi connectivity index (χ0n) is 10.3. The van der Waals surface area contributed by atoms with E-state index in [9.17, 15) is 4.79 Å². The average Bonchev–Trinajstić information content (AvgIpc) is 2.90. The minimum atomic E-state index is -0.0937. The van der Waals surface area contributed by atoms with Crippen molar-refractivity contribution in [2.24, 2.45) is 0 Å². The largest absolute Gasteiger partial charge is 0.387 e. The minimum Gasteiger partial charge on any atom is -0.387 e. The predicted octanol–water partition coefficient (Wildman–Crippen LogP) is 1.12. The molecule has 2 rings (SSSR count). The Hall–Kier alpha value is -2.37. The van der Waals surface area contributed by atoms with E-state index in [0.29, 0.717) is 12.1 Å². The Morgan fingerprint density at radius 1 is 1.50 bits per heavy atom. The number of anilines is 1. The van der Waals surface area contributed by atoms with Crippen molar-refractivity contribution in [2.45, 2.75) is 6.54 Å². The molecule has 94 valence electrons. The number of carbonyl (C=O) groups excluding carboxylic acids is 1. The minimum absolute atomic E-state index is 0.0937. The molecule has 2 N–H and O–H groups in total. The number of nitrogens with zero attached hydrogens (tertiary/aromatic N) is 3. The Morgan fingerprint density at radius 3 is 3.00 bits per heavy atom. The maximum absolute atomic E-state index is 12.3. The van der Waals surface area contributed by atoms with E-state index in [0.717, 1.165) is 11.5 Å². The molecule has 0 saturated heterocycles. The lowest BCUT2D eigenvalue weighted by Crippen LogP contribution is -2.27. The summed E-state index contributed by atoms with van der Waals surface area (Å²) in [6.07, 6.45) is 6.61. The summed E-state index contributed by atoms with van der Waals surface area (Å²) in [5.41, 5.74) is 1.32. The van der Waals surface area contributed by atoms with Gasteiger partial charge in [0.2, 0.25) is 0 Å². The second-order valence-corrected chi connectivity index (χ2v) is 3.87. The number of carbonyl (C=O) groups is 1. The topological polar surface area (TPSA) is 73.9 Å². The quantitative estimate of drug-likeness (QED) is 0.846. The smallest absolute Gasteiger partial charge is 0.257 e. The van der Waals surface area contributed by atoms with Crippen molar-refractivity contribution in [3.63, 3.8) is 0 Å². The molecule has 2 aromatic heterocycles. The van der Waals surface area contributed by atoms with Gasteiger partial charge in [-0.05, 0) is 6.07 Å². The third kappa shape index (κ3) is 2.48. The first kappa shape index (κ1) is 12.1. The van der Waals surface area contributed by atoms with Crippen molar-refractivity contribution in [3.05, 3.63) is 42.2 Å². The van der Waals surface area contributed by atoms with Gasteiger partial charge >= 0.3 is 0 Å². The molecular formula is C12H15N5O. The Bertz CT molecular complexity index is 523. The number of amides is 1. The fourth-order valence-electron chi connectivity index (χ4n) is 1.67. The third-order valence-corrected chi connectivity index (χ3v) is 2.61. The van der Waals surface area contributed by atoms with Gasteiger partial charge in [0.1, 0.15) is 5.82 Å². The summed E-state index contributed by atoms with van der Waals surface area (Å²) in [6, 6.07) is 1.77. The summed E-state index contributed by atoms with van der Waals surface area (Å²) >= 11 is 0. The highest BCUT2D eigenvalue weighted by atomic mass is 16.2. The summed E-state index contributed by atoms with van der Waals surface area (Å²) in [7, 11) is 3.51. The van der Waals surface area contributed by atoms with E-state index in [4.69, 9.17) is 0 Å². The van der Waals surface area contributed by atoms with Crippen LogP contribution in [-0.2, 0) is 6.54 Å². The molecule has 2 aromatic rings. The van der Waals surface area contributed by atoms with E-state index in [1.807, 2.05) is 0 Å². The SMILES string of the molecule is CNc1ccncc1C(=O)N(C)Cc1ncc[nH]1. The molecule has 0 aliphatic rings. The molecule has 0 unspecified atom stereocenters. The van der Waals surface area contributed by atoms with Crippen LogP contribution in [-0.4, -0.2) is 39.9 Å². The number of imidazole rings is 1. The van der Waals surface area contributed by atoms with Gasteiger partial charge in [0.15, 0.2) is 0 Å². The van der Waals surface area contributed by atoms with Crippen molar-refractivity contribution in [3.8, 4) is 0 Å². The zero-order chi connectivity index (χ0) is 13.0. The van der Waals surface area contributed by atoms with Gasteiger partial charge < -0.3 is 15.2 Å². The molecule has 6 heteroatoms. The van der Waals surface area contributed by atoms with Gasteiger partial charge in [0, 0.05) is 44.6 Å². The third-order valence-electron chi connectivity index (χ3n) is 2.61. The van der Waals surface area contributed by atoms with Crippen LogP contribution in [0.4, 0.5) is 5.69 Å². The Balaban J connectivity index is 2.15. The molecule has 18 heavy (non-hydrogen) atoms. The van der Waals surface area contributed by atoms with Crippen LogP contribution in [0.5, 0.6) is 0 Å². The first-order valence-electron chi connectivity index (χ1n) is 5.58. The zero-order valence-corrected chi connectivity index (χ0v) is 10.3. The molecule has 0 aliphatic carbocycles. The molecule has 0 atom stereocenters. The van der Waals surface area contributed by atoms with E-state index >= 15 is 0 Å². The van der Waals surface area contributed by atoms with Gasteiger partial charge in [0.05, 0.1) is 12.1 Å². The van der Waals surface area contributed by atoms with Crippen molar-refractivity contribution < 1.29 is 4.79 Å². The number of aromatic amines is 1. The fraction of sp³-hybridized carbons (Fsp3) is 0.250. The molecule has 1 amide bonds. The number of nitrogens with one attached hydrogen (secondary N) is 2. The molecule has 0 aliphatic heterocycles. The number of hydrogen-bond acceptors (Lipinski definition) is 4. The van der Waals surface area contributed by atoms with E-state index in [2.05, 4.69) is 20.3 Å². The van der Waals surface area contributed by atoms with Crippen molar-refractivity contribution in [1.29, 1.82) is 0 Å². The Labute approximate surface area is 105 Å². The maximum atomic E-state index is 12.3. The lowest BCUT2D eigenvalue weighted by molar-refractivity contribution is 0.0782. The van der Waals surface area contributed by atoms with Crippen LogP contribution in [0, 0.1) is 0 Å². The van der Waals surface area contributed by atoms with Gasteiger partial charge in [-0.3, -0.25) is 9.78 Å². The monoisotopic (exact) mass is 245 g/mol. The highest BCUT2D eigenvalue weighted by Gasteiger charge is 2.16. The Morgan fingerprint density at radius 2 is 2.33 bits per heavy atom. The summed E-state index contributed by atoms with van der Waals surface area (Å²) in [6.45, 7) is 0.434. The Kier molecular flexibility index (Phi) is 3.57. The summed E-state index contributed by atoms with van der Waals surface area (Å²) in [5, 5.41) is 2.98. The van der Waals surface area contributed by atoms with Gasteiger partial charge in [-0.1, -0.05) is 0 Å². The van der Waals surface area contributed by atoms with Gasteiger partial charge in [-0.15, -0.1) is 0 Å². The summed E-state index contributed by atoms with van der Waals surface area (Å²) in [5.74, 6) is 0.657. The van der Waals surface area contributed by atoms with Crippen LogP contribution >= 0.6 is 0 Å². The standard InChI is InChI=1S/C12H15N5O/c1-13-10-3-4-14-7-9(10)12(18)17(2)8-11-15-5-6-16-11/h3-7H,8H2,1-2H3,(H,13,14)(H,15,16). The predicted molar refractivity (Wildman–Crippen MR) is 68.2 cm³/mol. The highest BCUT2D eigenvalue weighted by Crippen LogP contribution is 2.15. The van der Waals surface area contributed by atoms with Crippen LogP contribution in [0.2, 0.25) is 0 Å².